The molecule has 0 unspecified atom stereocenters. The molecule has 0 atom stereocenters. The first-order valence-corrected chi connectivity index (χ1v) is 9.26. The number of nitrogens with zero attached hydrogens (tertiary/aromatic N) is 4. The molecular formula is C18H24ClN5S. The molecule has 0 bridgehead atoms. The molecule has 7 heteroatoms. The van der Waals surface area contributed by atoms with E-state index in [0.29, 0.717) is 5.02 Å². The third-order valence-electron chi connectivity index (χ3n) is 4.82. The first-order valence-electron chi connectivity index (χ1n) is 8.47. The van der Waals surface area contributed by atoms with Gasteiger partial charge in [-0.15, -0.1) is 0 Å². The number of thiocarbonyl (C=S) groups is 1. The average Bonchev–Trinajstić information content (AvgIpc) is 2.84. The first kappa shape index (κ1) is 18.2. The topological polar surface area (TPSA) is 36.3 Å². The van der Waals surface area contributed by atoms with Gasteiger partial charge in [0.05, 0.1) is 16.4 Å². The lowest BCUT2D eigenvalue weighted by Crippen LogP contribution is -2.49. The molecule has 0 saturated carbocycles. The zero-order valence-corrected chi connectivity index (χ0v) is 16.5. The van der Waals surface area contributed by atoms with E-state index in [1.165, 1.54) is 11.3 Å². The molecule has 1 aliphatic rings. The van der Waals surface area contributed by atoms with Crippen molar-refractivity contribution in [1.29, 1.82) is 0 Å². The van der Waals surface area contributed by atoms with Crippen LogP contribution in [0.5, 0.6) is 0 Å². The number of aryl methyl sites for hydroxylation is 2. The normalized spacial score (nSPS) is 15.4. The Kier molecular flexibility index (Phi) is 5.61. The van der Waals surface area contributed by atoms with Crippen LogP contribution in [0.1, 0.15) is 17.0 Å². The summed E-state index contributed by atoms with van der Waals surface area (Å²) in [4.78, 5) is 4.67. The quantitative estimate of drug-likeness (QED) is 0.831. The number of piperazine rings is 1. The Labute approximate surface area is 159 Å². The fourth-order valence-corrected chi connectivity index (χ4v) is 3.61. The molecule has 1 fully saturated rings. The Hall–Kier alpha value is -1.63. The summed E-state index contributed by atoms with van der Waals surface area (Å²) in [6.45, 7) is 8.96. The van der Waals surface area contributed by atoms with Gasteiger partial charge in [-0.3, -0.25) is 9.58 Å². The van der Waals surface area contributed by atoms with Gasteiger partial charge in [-0.25, -0.2) is 0 Å². The maximum absolute atomic E-state index is 6.20. The van der Waals surface area contributed by atoms with E-state index in [1.54, 1.807) is 0 Å². The summed E-state index contributed by atoms with van der Waals surface area (Å²) >= 11 is 11.7. The van der Waals surface area contributed by atoms with Crippen molar-refractivity contribution in [3.8, 4) is 0 Å². The van der Waals surface area contributed by atoms with Gasteiger partial charge < -0.3 is 10.2 Å². The second-order valence-electron chi connectivity index (χ2n) is 6.45. The number of halogens is 1. The predicted molar refractivity (Wildman–Crippen MR) is 107 cm³/mol. The van der Waals surface area contributed by atoms with Crippen LogP contribution in [0.4, 0.5) is 5.69 Å². The molecule has 2 aromatic rings. The smallest absolute Gasteiger partial charge is 0.173 e. The molecule has 3 rings (SSSR count). The second kappa shape index (κ2) is 7.72. The van der Waals surface area contributed by atoms with Crippen molar-refractivity contribution < 1.29 is 0 Å². The van der Waals surface area contributed by atoms with E-state index < -0.39 is 0 Å². The van der Waals surface area contributed by atoms with Gasteiger partial charge in [0.15, 0.2) is 5.11 Å². The van der Waals surface area contributed by atoms with E-state index in [4.69, 9.17) is 23.8 Å². The van der Waals surface area contributed by atoms with Gasteiger partial charge in [0.1, 0.15) is 0 Å². The van der Waals surface area contributed by atoms with Gasteiger partial charge in [-0.2, -0.15) is 5.10 Å². The van der Waals surface area contributed by atoms with Crippen molar-refractivity contribution >= 4 is 34.6 Å². The summed E-state index contributed by atoms with van der Waals surface area (Å²) in [7, 11) is 2.00. The second-order valence-corrected chi connectivity index (χ2v) is 7.24. The molecule has 0 aliphatic carbocycles. The maximum atomic E-state index is 6.20. The molecule has 0 spiro atoms. The highest BCUT2D eigenvalue weighted by molar-refractivity contribution is 7.80. The molecule has 1 saturated heterocycles. The van der Waals surface area contributed by atoms with Crippen molar-refractivity contribution in [2.75, 3.05) is 31.5 Å². The number of anilines is 1. The number of para-hydroxylation sites is 1. The molecule has 0 amide bonds. The fourth-order valence-electron chi connectivity index (χ4n) is 3.14. The summed E-state index contributed by atoms with van der Waals surface area (Å²) in [6, 6.07) is 7.67. The number of hydrogen-bond acceptors (Lipinski definition) is 3. The third kappa shape index (κ3) is 4.14. The lowest BCUT2D eigenvalue weighted by molar-refractivity contribution is 0.176. The van der Waals surface area contributed by atoms with Crippen LogP contribution in [0.15, 0.2) is 24.3 Å². The van der Waals surface area contributed by atoms with Crippen LogP contribution in [-0.2, 0) is 13.6 Å². The Morgan fingerprint density at radius 1 is 1.20 bits per heavy atom. The Bertz CT molecular complexity index is 765. The average molecular weight is 378 g/mol. The molecule has 1 aliphatic heterocycles. The number of nitrogens with one attached hydrogen (secondary N) is 1. The van der Waals surface area contributed by atoms with E-state index in [9.17, 15) is 0 Å². The SMILES string of the molecule is Cc1nn(C)c(C)c1CN1CCN(C(=S)Nc2ccccc2Cl)CC1. The van der Waals surface area contributed by atoms with E-state index in [1.807, 2.05) is 36.0 Å². The summed E-state index contributed by atoms with van der Waals surface area (Å²) in [5.74, 6) is 0. The number of hydrogen-bond donors (Lipinski definition) is 1. The fraction of sp³-hybridized carbons (Fsp3) is 0.444. The maximum Gasteiger partial charge on any atom is 0.173 e. The van der Waals surface area contributed by atoms with Gasteiger partial charge in [-0.05, 0) is 38.2 Å². The highest BCUT2D eigenvalue weighted by Crippen LogP contribution is 2.21. The minimum absolute atomic E-state index is 0.686. The number of aromatic nitrogens is 2. The van der Waals surface area contributed by atoms with Gasteiger partial charge in [0.2, 0.25) is 0 Å². The van der Waals surface area contributed by atoms with Crippen molar-refractivity contribution in [1.82, 2.24) is 19.6 Å². The summed E-state index contributed by atoms with van der Waals surface area (Å²) < 4.78 is 1.96. The highest BCUT2D eigenvalue weighted by atomic mass is 35.5. The van der Waals surface area contributed by atoms with Crippen LogP contribution in [0.3, 0.4) is 0 Å². The van der Waals surface area contributed by atoms with Gasteiger partial charge in [0.25, 0.3) is 0 Å². The van der Waals surface area contributed by atoms with Crippen molar-refractivity contribution in [3.05, 3.63) is 46.2 Å². The van der Waals surface area contributed by atoms with Crippen molar-refractivity contribution in [2.24, 2.45) is 7.05 Å². The highest BCUT2D eigenvalue weighted by Gasteiger charge is 2.21. The lowest BCUT2D eigenvalue weighted by Gasteiger charge is -2.36. The minimum atomic E-state index is 0.686. The van der Waals surface area contributed by atoms with E-state index in [2.05, 4.69) is 34.1 Å². The van der Waals surface area contributed by atoms with Crippen molar-refractivity contribution in [2.45, 2.75) is 20.4 Å². The molecule has 2 heterocycles. The Morgan fingerprint density at radius 2 is 1.88 bits per heavy atom. The van der Waals surface area contributed by atoms with E-state index in [0.717, 1.165) is 49.2 Å². The summed E-state index contributed by atoms with van der Waals surface area (Å²) in [5.41, 5.74) is 4.57. The Morgan fingerprint density at radius 3 is 2.48 bits per heavy atom. The molecule has 1 aromatic heterocycles. The lowest BCUT2D eigenvalue weighted by atomic mass is 10.1. The van der Waals surface area contributed by atoms with Crippen LogP contribution in [0.2, 0.25) is 5.02 Å². The number of benzene rings is 1. The summed E-state index contributed by atoms with van der Waals surface area (Å²) in [6.07, 6.45) is 0. The van der Waals surface area contributed by atoms with Crippen LogP contribution in [-0.4, -0.2) is 50.9 Å². The Balaban J connectivity index is 1.55. The van der Waals surface area contributed by atoms with Crippen LogP contribution in [0, 0.1) is 13.8 Å². The molecule has 1 N–H and O–H groups in total. The van der Waals surface area contributed by atoms with Gasteiger partial charge >= 0.3 is 0 Å². The van der Waals surface area contributed by atoms with Gasteiger partial charge in [-0.1, -0.05) is 23.7 Å². The molecule has 25 heavy (non-hydrogen) atoms. The van der Waals surface area contributed by atoms with Crippen LogP contribution in [0.25, 0.3) is 0 Å². The molecule has 5 nitrogen and oxygen atoms in total. The monoisotopic (exact) mass is 377 g/mol. The van der Waals surface area contributed by atoms with E-state index >= 15 is 0 Å². The first-order chi connectivity index (χ1) is 12.0. The predicted octanol–water partition coefficient (Wildman–Crippen LogP) is 3.20. The van der Waals surface area contributed by atoms with Crippen LogP contribution >= 0.6 is 23.8 Å². The zero-order valence-electron chi connectivity index (χ0n) is 14.9. The third-order valence-corrected chi connectivity index (χ3v) is 5.51. The largest absolute Gasteiger partial charge is 0.346 e. The van der Waals surface area contributed by atoms with Crippen molar-refractivity contribution in [3.63, 3.8) is 0 Å². The zero-order chi connectivity index (χ0) is 18.0. The standard InChI is InChI=1S/C18H24ClN5S/c1-13-15(14(2)22(3)21-13)12-23-8-10-24(11-9-23)18(25)20-17-7-5-4-6-16(17)19/h4-7H,8-12H2,1-3H3,(H,20,25). The minimum Gasteiger partial charge on any atom is -0.346 e. The molecule has 1 aromatic carbocycles. The molecule has 134 valence electrons. The van der Waals surface area contributed by atoms with Gasteiger partial charge in [0, 0.05) is 51.0 Å². The molecular weight excluding hydrogens is 354 g/mol. The summed E-state index contributed by atoms with van der Waals surface area (Å²) in [5, 5.41) is 9.19. The van der Waals surface area contributed by atoms with E-state index in [-0.39, 0.29) is 0 Å². The van der Waals surface area contributed by atoms with Crippen LogP contribution < -0.4 is 5.32 Å². The number of rotatable bonds is 3. The molecule has 0 radical (unpaired) electrons.